The van der Waals surface area contributed by atoms with Crippen LogP contribution >= 0.6 is 11.8 Å². The third kappa shape index (κ3) is 3.79. The minimum atomic E-state index is 0.681. The van der Waals surface area contributed by atoms with E-state index in [4.69, 9.17) is 0 Å². The molecule has 0 radical (unpaired) electrons. The maximum atomic E-state index is 4.40. The monoisotopic (exact) mass is 272 g/mol. The molecule has 1 aromatic carbocycles. The van der Waals surface area contributed by atoms with Gasteiger partial charge in [-0.25, -0.2) is 4.98 Å². The predicted octanol–water partition coefficient (Wildman–Crippen LogP) is 3.29. The molecule has 0 saturated carbocycles. The molecular weight excluding hydrogens is 256 g/mol. The van der Waals surface area contributed by atoms with Crippen LogP contribution in [-0.4, -0.2) is 21.4 Å². The first-order valence-electron chi connectivity index (χ1n) is 5.94. The van der Waals surface area contributed by atoms with Gasteiger partial charge in [0, 0.05) is 11.9 Å². The number of hydrogen-bond donors (Lipinski definition) is 1. The summed E-state index contributed by atoms with van der Waals surface area (Å²) in [5.41, 5.74) is 3.94. The van der Waals surface area contributed by atoms with Crippen molar-refractivity contribution in [3.8, 4) is 0 Å². The molecule has 0 aliphatic rings. The molecule has 19 heavy (non-hydrogen) atoms. The van der Waals surface area contributed by atoms with Crippen molar-refractivity contribution in [2.45, 2.75) is 19.0 Å². The van der Waals surface area contributed by atoms with Gasteiger partial charge in [0.05, 0.1) is 11.4 Å². The lowest BCUT2D eigenvalue weighted by Gasteiger charge is -2.02. The van der Waals surface area contributed by atoms with Crippen molar-refractivity contribution >= 4 is 23.5 Å². The van der Waals surface area contributed by atoms with Gasteiger partial charge < -0.3 is 5.32 Å². The fourth-order valence-electron chi connectivity index (χ4n) is 1.49. The first-order chi connectivity index (χ1) is 9.19. The van der Waals surface area contributed by atoms with Crippen LogP contribution in [0.2, 0.25) is 0 Å². The van der Waals surface area contributed by atoms with Crippen LogP contribution < -0.4 is 5.32 Å². The predicted molar refractivity (Wildman–Crippen MR) is 80.2 cm³/mol. The molecule has 1 aromatic heterocycles. The third-order valence-electron chi connectivity index (χ3n) is 2.60. The molecule has 0 spiro atoms. The molecule has 0 aliphatic carbocycles. The number of aromatic nitrogens is 3. The van der Waals surface area contributed by atoms with Gasteiger partial charge in [-0.3, -0.25) is 0 Å². The summed E-state index contributed by atoms with van der Waals surface area (Å²) in [6, 6.07) is 8.22. The highest BCUT2D eigenvalue weighted by Gasteiger charge is 2.01. The number of thioether (sulfide) groups is 1. The Labute approximate surface area is 117 Å². The van der Waals surface area contributed by atoms with Crippen molar-refractivity contribution in [3.05, 3.63) is 47.4 Å². The summed E-state index contributed by atoms with van der Waals surface area (Å²) in [5.74, 6) is 0. The van der Waals surface area contributed by atoms with E-state index in [2.05, 4.69) is 39.6 Å². The topological polar surface area (TPSA) is 50.7 Å². The van der Waals surface area contributed by atoms with Gasteiger partial charge >= 0.3 is 0 Å². The second-order valence-corrected chi connectivity index (χ2v) is 4.89. The summed E-state index contributed by atoms with van der Waals surface area (Å²) in [4.78, 5) is 4.40. The van der Waals surface area contributed by atoms with E-state index in [-0.39, 0.29) is 0 Å². The molecule has 0 bridgehead atoms. The molecule has 0 atom stereocenters. The first kappa shape index (κ1) is 13.5. The van der Waals surface area contributed by atoms with Crippen LogP contribution in [0.25, 0.3) is 6.08 Å². The summed E-state index contributed by atoms with van der Waals surface area (Å²) in [5, 5.41) is 11.9. The summed E-state index contributed by atoms with van der Waals surface area (Å²) in [6.45, 7) is 3.97. The fourth-order valence-corrected chi connectivity index (χ4v) is 1.80. The molecule has 4 nitrogen and oxygen atoms in total. The smallest absolute Gasteiger partial charge is 0.209 e. The van der Waals surface area contributed by atoms with Gasteiger partial charge in [0.15, 0.2) is 0 Å². The Bertz CT molecular complexity index is 578. The largest absolute Gasteiger partial charge is 0.362 e. The molecule has 0 saturated heterocycles. The van der Waals surface area contributed by atoms with Crippen LogP contribution in [0.5, 0.6) is 0 Å². The van der Waals surface area contributed by atoms with Crippen molar-refractivity contribution in [3.63, 3.8) is 0 Å². The van der Waals surface area contributed by atoms with Gasteiger partial charge in [-0.2, -0.15) is 5.10 Å². The van der Waals surface area contributed by atoms with Crippen LogP contribution in [0, 0.1) is 13.8 Å². The number of rotatable bonds is 4. The molecule has 1 N–H and O–H groups in total. The molecule has 0 amide bonds. The van der Waals surface area contributed by atoms with E-state index in [1.54, 1.807) is 0 Å². The number of aryl methyl sites for hydroxylation is 2. The van der Waals surface area contributed by atoms with Gasteiger partial charge in [0.25, 0.3) is 0 Å². The summed E-state index contributed by atoms with van der Waals surface area (Å²) in [6.07, 6.45) is 5.71. The summed E-state index contributed by atoms with van der Waals surface area (Å²) in [7, 11) is 0. The quantitative estimate of drug-likeness (QED) is 0.865. The molecule has 98 valence electrons. The maximum Gasteiger partial charge on any atom is 0.209 e. The van der Waals surface area contributed by atoms with E-state index in [1.165, 1.54) is 17.3 Å². The molecule has 2 aromatic rings. The van der Waals surface area contributed by atoms with Crippen molar-refractivity contribution in [1.82, 2.24) is 15.2 Å². The Kier molecular flexibility index (Phi) is 4.52. The lowest BCUT2D eigenvalue weighted by molar-refractivity contribution is 0.807. The van der Waals surface area contributed by atoms with Crippen molar-refractivity contribution in [2.24, 2.45) is 0 Å². The SMILES string of the molecule is CSc1nnc(C)c(/C=C/Nc2ccc(C)cc2)n1. The highest BCUT2D eigenvalue weighted by Crippen LogP contribution is 2.12. The van der Waals surface area contributed by atoms with E-state index in [1.807, 2.05) is 37.6 Å². The van der Waals surface area contributed by atoms with E-state index in [0.717, 1.165) is 17.1 Å². The van der Waals surface area contributed by atoms with Gasteiger partial charge in [0.2, 0.25) is 5.16 Å². The lowest BCUT2D eigenvalue weighted by Crippen LogP contribution is -1.98. The Balaban J connectivity index is 2.08. The van der Waals surface area contributed by atoms with E-state index < -0.39 is 0 Å². The van der Waals surface area contributed by atoms with Gasteiger partial charge in [-0.05, 0) is 38.3 Å². The Morgan fingerprint density at radius 3 is 2.53 bits per heavy atom. The Morgan fingerprint density at radius 2 is 1.84 bits per heavy atom. The maximum absolute atomic E-state index is 4.40. The number of nitrogens with one attached hydrogen (secondary N) is 1. The van der Waals surface area contributed by atoms with Crippen molar-refractivity contribution in [2.75, 3.05) is 11.6 Å². The fraction of sp³-hybridized carbons (Fsp3) is 0.214. The first-order valence-corrected chi connectivity index (χ1v) is 7.16. The van der Waals surface area contributed by atoms with Crippen LogP contribution in [0.4, 0.5) is 5.69 Å². The molecule has 2 rings (SSSR count). The lowest BCUT2D eigenvalue weighted by atomic mass is 10.2. The number of benzene rings is 1. The minimum absolute atomic E-state index is 0.681. The summed E-state index contributed by atoms with van der Waals surface area (Å²) < 4.78 is 0. The van der Waals surface area contributed by atoms with E-state index in [9.17, 15) is 0 Å². The second kappa shape index (κ2) is 6.33. The molecule has 5 heteroatoms. The minimum Gasteiger partial charge on any atom is -0.362 e. The highest BCUT2D eigenvalue weighted by atomic mass is 32.2. The standard InChI is InChI=1S/C14H16N4S/c1-10-4-6-12(7-5-10)15-9-8-13-11(2)17-18-14(16-13)19-3/h4-9,15H,1-3H3/b9-8+. The van der Waals surface area contributed by atoms with Gasteiger partial charge in [0.1, 0.15) is 0 Å². The molecule has 1 heterocycles. The third-order valence-corrected chi connectivity index (χ3v) is 3.14. The normalized spacial score (nSPS) is 10.9. The van der Waals surface area contributed by atoms with Crippen LogP contribution in [0.15, 0.2) is 35.6 Å². The average molecular weight is 272 g/mol. The molecule has 0 aliphatic heterocycles. The zero-order chi connectivity index (χ0) is 13.7. The van der Waals surface area contributed by atoms with Gasteiger partial charge in [-0.15, -0.1) is 5.10 Å². The van der Waals surface area contributed by atoms with Crippen LogP contribution in [0.1, 0.15) is 17.0 Å². The molecular formula is C14H16N4S. The van der Waals surface area contributed by atoms with E-state index in [0.29, 0.717) is 5.16 Å². The Morgan fingerprint density at radius 1 is 1.11 bits per heavy atom. The zero-order valence-corrected chi connectivity index (χ0v) is 12.0. The molecule has 0 fully saturated rings. The van der Waals surface area contributed by atoms with Crippen LogP contribution in [0.3, 0.4) is 0 Å². The summed E-state index contributed by atoms with van der Waals surface area (Å²) >= 11 is 1.48. The highest BCUT2D eigenvalue weighted by molar-refractivity contribution is 7.98. The van der Waals surface area contributed by atoms with Crippen molar-refractivity contribution in [1.29, 1.82) is 0 Å². The van der Waals surface area contributed by atoms with E-state index >= 15 is 0 Å². The number of hydrogen-bond acceptors (Lipinski definition) is 5. The van der Waals surface area contributed by atoms with Gasteiger partial charge in [-0.1, -0.05) is 29.5 Å². The number of anilines is 1. The van der Waals surface area contributed by atoms with Crippen LogP contribution in [-0.2, 0) is 0 Å². The zero-order valence-electron chi connectivity index (χ0n) is 11.2. The second-order valence-electron chi connectivity index (χ2n) is 4.11. The van der Waals surface area contributed by atoms with Crippen molar-refractivity contribution < 1.29 is 0 Å². The average Bonchev–Trinajstić information content (AvgIpc) is 2.43. The number of nitrogens with zero attached hydrogens (tertiary/aromatic N) is 3. The Hall–Kier alpha value is -1.88. The molecule has 0 unspecified atom stereocenters.